The normalized spacial score (nSPS) is 12.1. The molecule has 1 heterocycles. The Labute approximate surface area is 130 Å². The van der Waals surface area contributed by atoms with E-state index in [9.17, 15) is 8.42 Å². The largest absolute Gasteiger partial charge is 0.456 e. The van der Waals surface area contributed by atoms with Crippen LogP contribution in [0.5, 0.6) is 11.5 Å². The van der Waals surface area contributed by atoms with Crippen molar-refractivity contribution in [1.82, 2.24) is 9.71 Å². The summed E-state index contributed by atoms with van der Waals surface area (Å²) in [5.41, 5.74) is 4.96. The van der Waals surface area contributed by atoms with E-state index in [1.165, 1.54) is 18.3 Å². The predicted molar refractivity (Wildman–Crippen MR) is 85.2 cm³/mol. The Morgan fingerprint density at radius 2 is 1.64 bits per heavy atom. The average molecular weight is 321 g/mol. The first-order valence-corrected chi connectivity index (χ1v) is 8.17. The van der Waals surface area contributed by atoms with Crippen LogP contribution in [-0.4, -0.2) is 18.9 Å². The van der Waals surface area contributed by atoms with Crippen LogP contribution >= 0.6 is 0 Å². The molecule has 0 fully saturated rings. The predicted octanol–water partition coefficient (Wildman–Crippen LogP) is 2.53. The second-order valence-corrected chi connectivity index (χ2v) is 7.53. The second-order valence-electron chi connectivity index (χ2n) is 5.85. The van der Waals surface area contributed by atoms with Gasteiger partial charge in [0.05, 0.1) is 11.1 Å². The van der Waals surface area contributed by atoms with E-state index >= 15 is 0 Å². The number of rotatable bonds is 4. The first kappa shape index (κ1) is 16.3. The van der Waals surface area contributed by atoms with Crippen LogP contribution in [0.2, 0.25) is 0 Å². The number of anilines is 1. The maximum absolute atomic E-state index is 12.2. The molecule has 22 heavy (non-hydrogen) atoms. The van der Waals surface area contributed by atoms with E-state index in [1.54, 1.807) is 45.0 Å². The van der Waals surface area contributed by atoms with Gasteiger partial charge in [-0.1, -0.05) is 0 Å². The van der Waals surface area contributed by atoms with Crippen molar-refractivity contribution < 1.29 is 13.2 Å². The highest BCUT2D eigenvalue weighted by Crippen LogP contribution is 2.23. The van der Waals surface area contributed by atoms with Gasteiger partial charge in [0.2, 0.25) is 10.0 Å². The Kier molecular flexibility index (Phi) is 4.39. The minimum atomic E-state index is -3.55. The van der Waals surface area contributed by atoms with Gasteiger partial charge in [0, 0.05) is 5.54 Å². The number of ether oxygens (including phenoxy) is 1. The molecule has 0 amide bonds. The molecule has 2 aromatic rings. The van der Waals surface area contributed by atoms with Gasteiger partial charge in [-0.15, -0.1) is 0 Å². The van der Waals surface area contributed by atoms with Gasteiger partial charge in [-0.25, -0.2) is 18.1 Å². The Bertz CT molecular complexity index is 733. The van der Waals surface area contributed by atoms with E-state index in [1.807, 2.05) is 0 Å². The molecule has 0 saturated carbocycles. The molecule has 0 radical (unpaired) electrons. The zero-order valence-electron chi connectivity index (χ0n) is 12.7. The van der Waals surface area contributed by atoms with Crippen molar-refractivity contribution in [1.29, 1.82) is 0 Å². The summed E-state index contributed by atoms with van der Waals surface area (Å²) in [4.78, 5) is 4.10. The molecular weight excluding hydrogens is 302 g/mol. The number of pyridine rings is 1. The van der Waals surface area contributed by atoms with Crippen molar-refractivity contribution in [3.63, 3.8) is 0 Å². The number of nitrogens with one attached hydrogen (secondary N) is 1. The summed E-state index contributed by atoms with van der Waals surface area (Å²) < 4.78 is 32.5. The molecule has 118 valence electrons. The number of benzene rings is 1. The lowest BCUT2D eigenvalue weighted by atomic mass is 10.1. The lowest BCUT2D eigenvalue weighted by Gasteiger charge is -2.20. The highest BCUT2D eigenvalue weighted by atomic mass is 32.2. The van der Waals surface area contributed by atoms with Gasteiger partial charge >= 0.3 is 0 Å². The molecule has 6 nitrogen and oxygen atoms in total. The van der Waals surface area contributed by atoms with Crippen molar-refractivity contribution in [2.24, 2.45) is 0 Å². The maximum atomic E-state index is 12.2. The van der Waals surface area contributed by atoms with E-state index < -0.39 is 15.6 Å². The van der Waals surface area contributed by atoms with E-state index in [2.05, 4.69) is 9.71 Å². The standard InChI is InChI=1S/C15H19N3O3S/c1-15(2,3)18-22(19,20)13-7-4-11(5-8-13)21-12-6-9-14(16)17-10-12/h4-10,18H,1-3H3,(H2,16,17). The smallest absolute Gasteiger partial charge is 0.241 e. The number of hydrogen-bond acceptors (Lipinski definition) is 5. The summed E-state index contributed by atoms with van der Waals surface area (Å²) in [6.45, 7) is 5.36. The number of hydrogen-bond donors (Lipinski definition) is 2. The fraction of sp³-hybridized carbons (Fsp3) is 0.267. The van der Waals surface area contributed by atoms with Crippen molar-refractivity contribution in [3.8, 4) is 11.5 Å². The Morgan fingerprint density at radius 1 is 1.05 bits per heavy atom. The first-order valence-electron chi connectivity index (χ1n) is 6.69. The molecule has 0 aliphatic rings. The van der Waals surface area contributed by atoms with Gasteiger partial charge in [0.25, 0.3) is 0 Å². The fourth-order valence-corrected chi connectivity index (χ4v) is 3.16. The number of sulfonamides is 1. The first-order chi connectivity index (χ1) is 10.2. The van der Waals surface area contributed by atoms with Crippen molar-refractivity contribution in [3.05, 3.63) is 42.6 Å². The van der Waals surface area contributed by atoms with E-state index in [-0.39, 0.29) is 4.90 Å². The summed E-state index contributed by atoms with van der Waals surface area (Å²) in [5.74, 6) is 1.45. The van der Waals surface area contributed by atoms with Crippen LogP contribution in [0.4, 0.5) is 5.82 Å². The van der Waals surface area contributed by atoms with Gasteiger partial charge in [0.1, 0.15) is 17.3 Å². The third-order valence-electron chi connectivity index (χ3n) is 2.57. The highest BCUT2D eigenvalue weighted by Gasteiger charge is 2.21. The van der Waals surface area contributed by atoms with Crippen molar-refractivity contribution in [2.75, 3.05) is 5.73 Å². The average Bonchev–Trinajstić information content (AvgIpc) is 2.39. The van der Waals surface area contributed by atoms with Crippen LogP contribution in [0.3, 0.4) is 0 Å². The van der Waals surface area contributed by atoms with Crippen LogP contribution in [-0.2, 0) is 10.0 Å². The zero-order valence-corrected chi connectivity index (χ0v) is 13.5. The van der Waals surface area contributed by atoms with E-state index in [4.69, 9.17) is 10.5 Å². The van der Waals surface area contributed by atoms with Crippen LogP contribution in [0.25, 0.3) is 0 Å². The third kappa shape index (κ3) is 4.44. The summed E-state index contributed by atoms with van der Waals surface area (Å²) in [6, 6.07) is 9.49. The van der Waals surface area contributed by atoms with Gasteiger partial charge in [-0.2, -0.15) is 0 Å². The minimum Gasteiger partial charge on any atom is -0.456 e. The monoisotopic (exact) mass is 321 g/mol. The molecule has 7 heteroatoms. The lowest BCUT2D eigenvalue weighted by molar-refractivity contribution is 0.479. The summed E-state index contributed by atoms with van der Waals surface area (Å²) in [5, 5.41) is 0. The molecular formula is C15H19N3O3S. The fourth-order valence-electron chi connectivity index (χ4n) is 1.74. The third-order valence-corrected chi connectivity index (χ3v) is 4.34. The Hall–Kier alpha value is -2.12. The summed E-state index contributed by atoms with van der Waals surface area (Å²) in [6.07, 6.45) is 1.50. The molecule has 3 N–H and O–H groups in total. The Morgan fingerprint density at radius 3 is 2.14 bits per heavy atom. The molecule has 2 rings (SSSR count). The molecule has 0 aliphatic carbocycles. The second kappa shape index (κ2) is 5.94. The SMILES string of the molecule is CC(C)(C)NS(=O)(=O)c1ccc(Oc2ccc(N)nc2)cc1. The van der Waals surface area contributed by atoms with E-state index in [0.717, 1.165) is 0 Å². The van der Waals surface area contributed by atoms with Gasteiger partial charge in [-0.3, -0.25) is 0 Å². The van der Waals surface area contributed by atoms with Crippen LogP contribution in [0, 0.1) is 0 Å². The molecule has 0 atom stereocenters. The minimum absolute atomic E-state index is 0.185. The molecule has 0 unspecified atom stereocenters. The van der Waals surface area contributed by atoms with Gasteiger partial charge in [-0.05, 0) is 57.2 Å². The summed E-state index contributed by atoms with van der Waals surface area (Å²) in [7, 11) is -3.55. The molecule has 0 spiro atoms. The summed E-state index contributed by atoms with van der Waals surface area (Å²) >= 11 is 0. The molecule has 0 bridgehead atoms. The van der Waals surface area contributed by atoms with Crippen LogP contribution < -0.4 is 15.2 Å². The lowest BCUT2D eigenvalue weighted by Crippen LogP contribution is -2.40. The van der Waals surface area contributed by atoms with Crippen LogP contribution in [0.15, 0.2) is 47.5 Å². The number of nitrogens with zero attached hydrogens (tertiary/aromatic N) is 1. The Balaban J connectivity index is 2.15. The number of nitrogen functional groups attached to an aromatic ring is 1. The molecule has 0 saturated heterocycles. The molecule has 0 aliphatic heterocycles. The number of nitrogens with two attached hydrogens (primary N) is 1. The van der Waals surface area contributed by atoms with Crippen LogP contribution in [0.1, 0.15) is 20.8 Å². The molecule has 1 aromatic heterocycles. The van der Waals surface area contributed by atoms with Crippen molar-refractivity contribution in [2.45, 2.75) is 31.2 Å². The zero-order chi connectivity index (χ0) is 16.4. The van der Waals surface area contributed by atoms with Gasteiger partial charge < -0.3 is 10.5 Å². The van der Waals surface area contributed by atoms with Gasteiger partial charge in [0.15, 0.2) is 0 Å². The maximum Gasteiger partial charge on any atom is 0.241 e. The number of aromatic nitrogens is 1. The topological polar surface area (TPSA) is 94.3 Å². The van der Waals surface area contributed by atoms with Crippen molar-refractivity contribution >= 4 is 15.8 Å². The molecule has 1 aromatic carbocycles. The van der Waals surface area contributed by atoms with E-state index in [0.29, 0.717) is 17.3 Å². The highest BCUT2D eigenvalue weighted by molar-refractivity contribution is 7.89. The quantitative estimate of drug-likeness (QED) is 0.902.